The van der Waals surface area contributed by atoms with Gasteiger partial charge in [-0.2, -0.15) is 0 Å². The number of phenols is 1. The van der Waals surface area contributed by atoms with Crippen LogP contribution in [0.4, 0.5) is 5.95 Å². The highest BCUT2D eigenvalue weighted by atomic mass is 16.5. The number of H-pyrrole nitrogens is 2. The van der Waals surface area contributed by atoms with Crippen molar-refractivity contribution < 1.29 is 24.5 Å². The number of nitrogens with zero attached hydrogens (tertiary/aromatic N) is 2. The van der Waals surface area contributed by atoms with Crippen LogP contribution in [0.25, 0.3) is 27.7 Å². The van der Waals surface area contributed by atoms with E-state index in [2.05, 4.69) is 15.0 Å². The smallest absolute Gasteiger partial charge is 0.302 e. The number of anilines is 1. The predicted molar refractivity (Wildman–Crippen MR) is 138 cm³/mol. The molecule has 37 heavy (non-hydrogen) atoms. The number of phenolic OH excluding ortho intramolecular Hbond substituents is 1. The van der Waals surface area contributed by atoms with Crippen LogP contribution < -0.4 is 9.64 Å². The number of aliphatic hydroxyl groups is 1. The van der Waals surface area contributed by atoms with Crippen LogP contribution in [0.1, 0.15) is 24.1 Å². The number of nitrogens with one attached hydrogen (secondary N) is 2. The molecule has 1 amide bonds. The van der Waals surface area contributed by atoms with E-state index in [-0.39, 0.29) is 28.8 Å². The van der Waals surface area contributed by atoms with Gasteiger partial charge in [0.05, 0.1) is 29.3 Å². The van der Waals surface area contributed by atoms with Crippen molar-refractivity contribution in [3.05, 3.63) is 89.6 Å². The summed E-state index contributed by atoms with van der Waals surface area (Å²) in [5.74, 6) is -1.72. The Morgan fingerprint density at radius 3 is 2.59 bits per heavy atom. The minimum Gasteiger partial charge on any atom is -0.507 e. The molecule has 0 radical (unpaired) electrons. The van der Waals surface area contributed by atoms with Crippen molar-refractivity contribution >= 4 is 45.3 Å². The maximum atomic E-state index is 13.5. The molecule has 1 unspecified atom stereocenters. The molecule has 1 aliphatic heterocycles. The number of ether oxygens (including phenoxy) is 1. The Bertz CT molecular complexity index is 1700. The van der Waals surface area contributed by atoms with Crippen LogP contribution in [-0.2, 0) is 9.59 Å². The lowest BCUT2D eigenvalue weighted by Gasteiger charge is -2.23. The van der Waals surface area contributed by atoms with E-state index in [0.29, 0.717) is 34.2 Å². The van der Waals surface area contributed by atoms with E-state index >= 15 is 0 Å². The first kappa shape index (κ1) is 22.4. The first-order valence-electron chi connectivity index (χ1n) is 11.8. The number of carbonyl (C=O) groups is 2. The number of benzene rings is 3. The average Bonchev–Trinajstić information content (AvgIpc) is 3.59. The maximum absolute atomic E-state index is 13.5. The summed E-state index contributed by atoms with van der Waals surface area (Å²) >= 11 is 0. The minimum atomic E-state index is -1.03. The Kier molecular flexibility index (Phi) is 5.19. The van der Waals surface area contributed by atoms with Crippen molar-refractivity contribution in [2.75, 3.05) is 11.5 Å². The van der Waals surface area contributed by atoms with Crippen LogP contribution >= 0.6 is 0 Å². The highest BCUT2D eigenvalue weighted by Gasteiger charge is 2.48. The SMILES string of the molecule is CCOc1cc(C2/C(=C(\O)c3c[nH]c4ccccc34)C(=O)C(=O)N2c2nc3ccccc3[nH]2)ccc1O. The van der Waals surface area contributed by atoms with E-state index in [9.17, 15) is 19.8 Å². The largest absolute Gasteiger partial charge is 0.507 e. The summed E-state index contributed by atoms with van der Waals surface area (Å²) in [5, 5.41) is 22.5. The Hall–Kier alpha value is -5.05. The monoisotopic (exact) mass is 494 g/mol. The zero-order valence-electron chi connectivity index (χ0n) is 19.7. The molecule has 184 valence electrons. The number of aromatic nitrogens is 3. The summed E-state index contributed by atoms with van der Waals surface area (Å²) in [6.45, 7) is 2.08. The average molecular weight is 495 g/mol. The summed E-state index contributed by atoms with van der Waals surface area (Å²) in [5.41, 5.74) is 2.85. The highest BCUT2D eigenvalue weighted by Crippen LogP contribution is 2.44. The number of hydrogen-bond donors (Lipinski definition) is 4. The number of Topliss-reactive ketones (excluding diaryl/α,β-unsaturated/α-hetero) is 1. The molecule has 9 heteroatoms. The van der Waals surface area contributed by atoms with E-state index in [0.717, 1.165) is 5.52 Å². The molecule has 3 heterocycles. The number of aliphatic hydroxyl groups excluding tert-OH is 1. The first-order valence-corrected chi connectivity index (χ1v) is 11.8. The van der Waals surface area contributed by atoms with Crippen molar-refractivity contribution in [3.63, 3.8) is 0 Å². The van der Waals surface area contributed by atoms with Crippen LogP contribution in [0.15, 0.2) is 78.5 Å². The van der Waals surface area contributed by atoms with Crippen LogP contribution in [-0.4, -0.2) is 43.5 Å². The molecule has 4 N–H and O–H groups in total. The third-order valence-corrected chi connectivity index (χ3v) is 6.49. The zero-order chi connectivity index (χ0) is 25.7. The molecular weight excluding hydrogens is 472 g/mol. The second-order valence-corrected chi connectivity index (χ2v) is 8.65. The lowest BCUT2D eigenvalue weighted by Crippen LogP contribution is -2.30. The molecule has 2 aromatic heterocycles. The van der Waals surface area contributed by atoms with Gasteiger partial charge >= 0.3 is 5.91 Å². The normalized spacial score (nSPS) is 17.2. The van der Waals surface area contributed by atoms with Gasteiger partial charge in [-0.1, -0.05) is 36.4 Å². The van der Waals surface area contributed by atoms with E-state index < -0.39 is 17.7 Å². The molecule has 5 aromatic rings. The van der Waals surface area contributed by atoms with Crippen molar-refractivity contribution in [1.82, 2.24) is 15.0 Å². The molecule has 6 rings (SSSR count). The van der Waals surface area contributed by atoms with Gasteiger partial charge in [0.15, 0.2) is 11.5 Å². The van der Waals surface area contributed by atoms with Crippen LogP contribution in [0, 0.1) is 0 Å². The van der Waals surface area contributed by atoms with Gasteiger partial charge in [0.1, 0.15) is 5.76 Å². The number of ketones is 1. The molecule has 0 aliphatic carbocycles. The lowest BCUT2D eigenvalue weighted by atomic mass is 9.95. The summed E-state index contributed by atoms with van der Waals surface area (Å²) in [6.07, 6.45) is 1.61. The second-order valence-electron chi connectivity index (χ2n) is 8.65. The number of carbonyl (C=O) groups excluding carboxylic acids is 2. The third-order valence-electron chi connectivity index (χ3n) is 6.49. The van der Waals surface area contributed by atoms with Crippen molar-refractivity contribution in [2.24, 2.45) is 0 Å². The van der Waals surface area contributed by atoms with Gasteiger partial charge in [-0.15, -0.1) is 0 Å². The standard InChI is InChI=1S/C28H22N4O5/c1-2-37-22-13-15(11-12-21(22)33)24-23(25(34)17-14-29-18-8-4-3-7-16(17)18)26(35)27(36)32(24)28-30-19-9-5-6-10-20(19)31-28/h3-14,24,29,33-34H,2H2,1H3,(H,30,31)/b25-23+. The second kappa shape index (κ2) is 8.56. The number of fused-ring (bicyclic) bond motifs is 2. The van der Waals surface area contributed by atoms with Crippen LogP contribution in [0.2, 0.25) is 0 Å². The first-order chi connectivity index (χ1) is 18.0. The number of hydrogen-bond acceptors (Lipinski definition) is 6. The van der Waals surface area contributed by atoms with E-state index in [1.165, 1.54) is 11.0 Å². The molecule has 0 spiro atoms. The molecule has 0 saturated carbocycles. The fourth-order valence-corrected chi connectivity index (χ4v) is 4.80. The topological polar surface area (TPSA) is 132 Å². The number of amides is 1. The molecule has 3 aromatic carbocycles. The van der Waals surface area contributed by atoms with E-state index in [1.807, 2.05) is 42.5 Å². The highest BCUT2D eigenvalue weighted by molar-refractivity contribution is 6.51. The van der Waals surface area contributed by atoms with E-state index in [1.54, 1.807) is 31.3 Å². The number of imidazole rings is 1. The zero-order valence-corrected chi connectivity index (χ0v) is 19.7. The summed E-state index contributed by atoms with van der Waals surface area (Å²) in [4.78, 5) is 39.0. The summed E-state index contributed by atoms with van der Waals surface area (Å²) in [7, 11) is 0. The summed E-state index contributed by atoms with van der Waals surface area (Å²) < 4.78 is 5.56. The fraction of sp³-hybridized carbons (Fsp3) is 0.107. The molecule has 1 aliphatic rings. The lowest BCUT2D eigenvalue weighted by molar-refractivity contribution is -0.132. The molecule has 1 atom stereocenters. The quantitative estimate of drug-likeness (QED) is 0.158. The Morgan fingerprint density at radius 1 is 1.05 bits per heavy atom. The predicted octanol–water partition coefficient (Wildman–Crippen LogP) is 4.77. The van der Waals surface area contributed by atoms with Crippen molar-refractivity contribution in [2.45, 2.75) is 13.0 Å². The molecule has 9 nitrogen and oxygen atoms in total. The molecule has 0 bridgehead atoms. The number of aromatic hydroxyl groups is 1. The number of aromatic amines is 2. The summed E-state index contributed by atoms with van der Waals surface area (Å²) in [6, 6.07) is 18.2. The molecule has 1 fully saturated rings. The maximum Gasteiger partial charge on any atom is 0.302 e. The Morgan fingerprint density at radius 2 is 1.81 bits per heavy atom. The van der Waals surface area contributed by atoms with Gasteiger partial charge in [0.25, 0.3) is 5.78 Å². The van der Waals surface area contributed by atoms with Crippen LogP contribution in [0.5, 0.6) is 11.5 Å². The Labute approximate surface area is 210 Å². The van der Waals surface area contributed by atoms with Crippen molar-refractivity contribution in [1.29, 1.82) is 0 Å². The fourth-order valence-electron chi connectivity index (χ4n) is 4.80. The van der Waals surface area contributed by atoms with Gasteiger partial charge in [-0.05, 0) is 42.8 Å². The molecular formula is C28H22N4O5. The van der Waals surface area contributed by atoms with Gasteiger partial charge in [0, 0.05) is 22.7 Å². The van der Waals surface area contributed by atoms with E-state index in [4.69, 9.17) is 4.74 Å². The minimum absolute atomic E-state index is 0.0806. The van der Waals surface area contributed by atoms with Gasteiger partial charge in [-0.3, -0.25) is 14.5 Å². The number of rotatable bonds is 5. The van der Waals surface area contributed by atoms with Gasteiger partial charge in [-0.25, -0.2) is 4.98 Å². The third kappa shape index (κ3) is 3.51. The van der Waals surface area contributed by atoms with Gasteiger partial charge < -0.3 is 24.9 Å². The van der Waals surface area contributed by atoms with Crippen LogP contribution in [0.3, 0.4) is 0 Å². The van der Waals surface area contributed by atoms with Gasteiger partial charge in [0.2, 0.25) is 5.95 Å². The Balaban J connectivity index is 1.60. The van der Waals surface area contributed by atoms with Crippen molar-refractivity contribution in [3.8, 4) is 11.5 Å². The number of para-hydroxylation sites is 3. The molecule has 1 saturated heterocycles.